The van der Waals surface area contributed by atoms with Crippen LogP contribution in [-0.4, -0.2) is 46.1 Å². The summed E-state index contributed by atoms with van der Waals surface area (Å²) in [5.74, 6) is 0.602. The molecule has 2 saturated heterocycles. The number of sulfonamides is 1. The molecule has 7 nitrogen and oxygen atoms in total. The van der Waals surface area contributed by atoms with Crippen molar-refractivity contribution in [2.24, 2.45) is 0 Å². The van der Waals surface area contributed by atoms with Gasteiger partial charge in [-0.3, -0.25) is 5.10 Å². The molecule has 2 fully saturated rings. The Kier molecular flexibility index (Phi) is 4.04. The first-order valence-corrected chi connectivity index (χ1v) is 10.0. The Morgan fingerprint density at radius 3 is 2.48 bits per heavy atom. The van der Waals surface area contributed by atoms with Crippen LogP contribution in [0.3, 0.4) is 0 Å². The first-order chi connectivity index (χ1) is 12.0. The maximum Gasteiger partial charge on any atom is 0.247 e. The van der Waals surface area contributed by atoms with E-state index in [1.165, 1.54) is 0 Å². The Bertz CT molecular complexity index is 832. The molecule has 2 bridgehead atoms. The summed E-state index contributed by atoms with van der Waals surface area (Å²) in [6.07, 6.45) is 4.85. The van der Waals surface area contributed by atoms with Crippen LogP contribution < -0.4 is 4.74 Å². The zero-order chi connectivity index (χ0) is 17.6. The zero-order valence-corrected chi connectivity index (χ0v) is 15.2. The van der Waals surface area contributed by atoms with E-state index in [1.54, 1.807) is 24.3 Å². The number of aromatic nitrogens is 3. The van der Waals surface area contributed by atoms with Crippen LogP contribution in [-0.2, 0) is 10.0 Å². The highest BCUT2D eigenvalue weighted by Crippen LogP contribution is 2.41. The van der Waals surface area contributed by atoms with Crippen molar-refractivity contribution in [3.05, 3.63) is 35.8 Å². The zero-order valence-electron chi connectivity index (χ0n) is 14.3. The largest absolute Gasteiger partial charge is 0.474 e. The van der Waals surface area contributed by atoms with Gasteiger partial charge in [-0.05, 0) is 32.8 Å². The number of rotatable bonds is 4. The first-order valence-electron chi connectivity index (χ1n) is 8.59. The van der Waals surface area contributed by atoms with Gasteiger partial charge in [0.2, 0.25) is 15.9 Å². The molecule has 1 N–H and O–H groups in total. The minimum atomic E-state index is -3.54. The van der Waals surface area contributed by atoms with Gasteiger partial charge in [-0.15, -0.1) is 0 Å². The van der Waals surface area contributed by atoms with Crippen LogP contribution in [0.25, 0.3) is 0 Å². The Labute approximate surface area is 147 Å². The summed E-state index contributed by atoms with van der Waals surface area (Å²) in [5.41, 5.74) is 1.13. The molecule has 4 rings (SSSR count). The fourth-order valence-electron chi connectivity index (χ4n) is 4.19. The molecule has 1 unspecified atom stereocenters. The topological polar surface area (TPSA) is 88.2 Å². The Morgan fingerprint density at radius 2 is 1.92 bits per heavy atom. The summed E-state index contributed by atoms with van der Waals surface area (Å²) in [6.45, 7) is 3.49. The van der Waals surface area contributed by atoms with Crippen molar-refractivity contribution < 1.29 is 13.2 Å². The third-order valence-electron chi connectivity index (χ3n) is 5.14. The molecule has 2 aliphatic heterocycles. The monoisotopic (exact) mass is 362 g/mol. The summed E-state index contributed by atoms with van der Waals surface area (Å²) < 4.78 is 34.1. The molecular formula is C17H22N4O3S. The molecule has 2 aromatic rings. The van der Waals surface area contributed by atoms with Crippen LogP contribution >= 0.6 is 0 Å². The second kappa shape index (κ2) is 6.10. The molecule has 25 heavy (non-hydrogen) atoms. The van der Waals surface area contributed by atoms with Crippen LogP contribution in [0.2, 0.25) is 0 Å². The smallest absolute Gasteiger partial charge is 0.247 e. The highest BCUT2D eigenvalue weighted by molar-refractivity contribution is 7.89. The molecule has 3 atom stereocenters. The summed E-state index contributed by atoms with van der Waals surface area (Å²) >= 11 is 0. The quantitative estimate of drug-likeness (QED) is 0.901. The fraction of sp³-hybridized carbons (Fsp3) is 0.529. The Morgan fingerprint density at radius 1 is 1.20 bits per heavy atom. The van der Waals surface area contributed by atoms with E-state index in [2.05, 4.69) is 15.2 Å². The number of pyridine rings is 1. The highest BCUT2D eigenvalue weighted by Gasteiger charge is 2.49. The van der Waals surface area contributed by atoms with E-state index in [0.29, 0.717) is 35.0 Å². The molecule has 0 radical (unpaired) electrons. The van der Waals surface area contributed by atoms with Crippen LogP contribution in [0, 0.1) is 13.8 Å². The first kappa shape index (κ1) is 16.5. The molecule has 134 valence electrons. The third-order valence-corrected chi connectivity index (χ3v) is 7.41. The number of nitrogens with zero attached hydrogens (tertiary/aromatic N) is 3. The molecule has 2 aromatic heterocycles. The number of aromatic amines is 1. The number of H-pyrrole nitrogens is 1. The lowest BCUT2D eigenvalue weighted by atomic mass is 10.0. The van der Waals surface area contributed by atoms with Crippen LogP contribution in [0.15, 0.2) is 29.3 Å². The van der Waals surface area contributed by atoms with Crippen molar-refractivity contribution in [1.29, 1.82) is 0 Å². The lowest BCUT2D eigenvalue weighted by molar-refractivity contribution is 0.0918. The number of hydrogen-bond acceptors (Lipinski definition) is 5. The van der Waals surface area contributed by atoms with Gasteiger partial charge in [0.25, 0.3) is 0 Å². The van der Waals surface area contributed by atoms with Gasteiger partial charge in [-0.1, -0.05) is 6.07 Å². The lowest BCUT2D eigenvalue weighted by Crippen LogP contribution is -2.49. The highest BCUT2D eigenvalue weighted by atomic mass is 32.2. The summed E-state index contributed by atoms with van der Waals surface area (Å²) in [6, 6.07) is 5.53. The lowest BCUT2D eigenvalue weighted by Gasteiger charge is -2.37. The van der Waals surface area contributed by atoms with Crippen LogP contribution in [0.5, 0.6) is 5.88 Å². The molecule has 0 aliphatic carbocycles. The molecule has 0 spiro atoms. The average Bonchev–Trinajstić information content (AvgIpc) is 3.06. The number of nitrogens with one attached hydrogen (secondary N) is 1. The number of fused-ring (bicyclic) bond motifs is 2. The van der Waals surface area contributed by atoms with Gasteiger partial charge >= 0.3 is 0 Å². The van der Waals surface area contributed by atoms with E-state index in [-0.39, 0.29) is 18.2 Å². The van der Waals surface area contributed by atoms with Crippen molar-refractivity contribution in [3.8, 4) is 5.88 Å². The summed E-state index contributed by atoms with van der Waals surface area (Å²) in [4.78, 5) is 4.54. The van der Waals surface area contributed by atoms with E-state index in [4.69, 9.17) is 4.74 Å². The van der Waals surface area contributed by atoms with Crippen LogP contribution in [0.4, 0.5) is 0 Å². The summed E-state index contributed by atoms with van der Waals surface area (Å²) in [7, 11) is -3.54. The summed E-state index contributed by atoms with van der Waals surface area (Å²) in [5, 5.41) is 6.84. The molecule has 4 heterocycles. The van der Waals surface area contributed by atoms with Gasteiger partial charge in [0, 0.05) is 37.2 Å². The normalized spacial score (nSPS) is 26.7. The van der Waals surface area contributed by atoms with Crippen molar-refractivity contribution >= 4 is 10.0 Å². The van der Waals surface area contributed by atoms with E-state index in [0.717, 1.165) is 12.8 Å². The molecule has 0 amide bonds. The number of hydrogen-bond donors (Lipinski definition) is 1. The van der Waals surface area contributed by atoms with Gasteiger partial charge < -0.3 is 4.74 Å². The van der Waals surface area contributed by atoms with E-state index >= 15 is 0 Å². The van der Waals surface area contributed by atoms with E-state index < -0.39 is 10.0 Å². The Hall–Kier alpha value is -1.93. The van der Waals surface area contributed by atoms with Crippen molar-refractivity contribution in [1.82, 2.24) is 19.5 Å². The van der Waals surface area contributed by atoms with Gasteiger partial charge in [0.05, 0.1) is 11.4 Å². The molecule has 2 aliphatic rings. The predicted octanol–water partition coefficient (Wildman–Crippen LogP) is 2.18. The van der Waals surface area contributed by atoms with E-state index in [9.17, 15) is 8.42 Å². The van der Waals surface area contributed by atoms with Gasteiger partial charge in [-0.2, -0.15) is 9.40 Å². The standard InChI is InChI=1S/C17H22N4O3S/c1-11-17(12(2)20-19-11)25(22,23)21-13-6-7-14(21)10-15(9-13)24-16-5-3-4-8-18-16/h3-5,8,13-15H,6-7,9-10H2,1-2H3,(H,19,20)/t13-,14+,15?. The Balaban J connectivity index is 1.57. The van der Waals surface area contributed by atoms with Crippen molar-refractivity contribution in [2.75, 3.05) is 0 Å². The van der Waals surface area contributed by atoms with Gasteiger partial charge in [0.15, 0.2) is 0 Å². The van der Waals surface area contributed by atoms with Gasteiger partial charge in [0.1, 0.15) is 11.0 Å². The maximum atomic E-state index is 13.2. The molecule has 8 heteroatoms. The molecular weight excluding hydrogens is 340 g/mol. The maximum absolute atomic E-state index is 13.2. The fourth-order valence-corrected chi connectivity index (χ4v) is 6.42. The molecule has 0 saturated carbocycles. The average molecular weight is 362 g/mol. The number of piperidine rings is 1. The van der Waals surface area contributed by atoms with E-state index in [1.807, 2.05) is 18.2 Å². The number of aryl methyl sites for hydroxylation is 2. The minimum Gasteiger partial charge on any atom is -0.474 e. The molecule has 0 aromatic carbocycles. The third kappa shape index (κ3) is 2.83. The predicted molar refractivity (Wildman–Crippen MR) is 91.8 cm³/mol. The van der Waals surface area contributed by atoms with Gasteiger partial charge in [-0.25, -0.2) is 13.4 Å². The minimum absolute atomic E-state index is 0.00499. The second-order valence-electron chi connectivity index (χ2n) is 6.86. The second-order valence-corrected chi connectivity index (χ2v) is 8.64. The van der Waals surface area contributed by atoms with Crippen molar-refractivity contribution in [3.63, 3.8) is 0 Å². The van der Waals surface area contributed by atoms with Crippen molar-refractivity contribution in [2.45, 2.75) is 62.6 Å². The number of ether oxygens (including phenoxy) is 1. The van der Waals surface area contributed by atoms with Crippen LogP contribution in [0.1, 0.15) is 37.1 Å². The SMILES string of the molecule is Cc1n[nH]c(C)c1S(=O)(=O)N1[C@@H]2CC[C@H]1CC(Oc1ccccn1)C2.